The summed E-state index contributed by atoms with van der Waals surface area (Å²) in [5.41, 5.74) is 2.35. The minimum absolute atomic E-state index is 0.147. The number of nitrogens with one attached hydrogen (secondary N) is 1. The monoisotopic (exact) mass is 516 g/mol. The maximum atomic E-state index is 14.1. The standard InChI is InChI=1S/C28H32N6O4/c1-19(2)13-15-30-28(36)27(20-8-7-14-29-17-20)34(24-12-11-21(37-3)16-25(24)38-4)26(35)18-33-23-10-6-5-9-22(23)31-32-33/h5-12,14,16-17,19,27H,13,15,18H2,1-4H3,(H,30,36)/t27-/m1/s1. The van der Waals surface area contributed by atoms with E-state index in [9.17, 15) is 9.59 Å². The molecule has 0 radical (unpaired) electrons. The maximum absolute atomic E-state index is 14.1. The third-order valence-electron chi connectivity index (χ3n) is 6.15. The van der Waals surface area contributed by atoms with Crippen molar-refractivity contribution in [1.82, 2.24) is 25.3 Å². The highest BCUT2D eigenvalue weighted by atomic mass is 16.5. The number of nitrogens with zero attached hydrogens (tertiary/aromatic N) is 5. The summed E-state index contributed by atoms with van der Waals surface area (Å²) in [5.74, 6) is 0.641. The zero-order valence-corrected chi connectivity index (χ0v) is 22.0. The number of methoxy groups -OCH3 is 2. The molecule has 2 heterocycles. The van der Waals surface area contributed by atoms with E-state index in [1.807, 2.05) is 24.3 Å². The molecule has 2 aromatic heterocycles. The fraction of sp³-hybridized carbons (Fsp3) is 0.321. The third kappa shape index (κ3) is 5.91. The van der Waals surface area contributed by atoms with Crippen molar-refractivity contribution in [2.45, 2.75) is 32.9 Å². The van der Waals surface area contributed by atoms with Gasteiger partial charge in [-0.1, -0.05) is 37.3 Å². The summed E-state index contributed by atoms with van der Waals surface area (Å²) in [6, 6.07) is 15.0. The minimum atomic E-state index is -1.01. The van der Waals surface area contributed by atoms with Gasteiger partial charge in [0.15, 0.2) is 0 Å². The lowest BCUT2D eigenvalue weighted by molar-refractivity contribution is -0.127. The number of rotatable bonds is 11. The second-order valence-corrected chi connectivity index (χ2v) is 9.20. The minimum Gasteiger partial charge on any atom is -0.497 e. The van der Waals surface area contributed by atoms with Crippen molar-refractivity contribution in [3.8, 4) is 11.5 Å². The van der Waals surface area contributed by atoms with Crippen LogP contribution in [0.5, 0.6) is 11.5 Å². The Morgan fingerprint density at radius 1 is 1.05 bits per heavy atom. The molecule has 0 unspecified atom stereocenters. The number of hydrogen-bond acceptors (Lipinski definition) is 7. The molecule has 0 bridgehead atoms. The average molecular weight is 517 g/mol. The van der Waals surface area contributed by atoms with Crippen molar-refractivity contribution in [2.24, 2.45) is 5.92 Å². The van der Waals surface area contributed by atoms with Gasteiger partial charge in [0.05, 0.1) is 25.4 Å². The first-order valence-corrected chi connectivity index (χ1v) is 12.4. The molecule has 198 valence electrons. The van der Waals surface area contributed by atoms with E-state index in [0.717, 1.165) is 6.42 Å². The Balaban J connectivity index is 1.81. The van der Waals surface area contributed by atoms with Gasteiger partial charge in [0.2, 0.25) is 11.8 Å². The highest BCUT2D eigenvalue weighted by Crippen LogP contribution is 2.37. The Morgan fingerprint density at radius 3 is 2.58 bits per heavy atom. The van der Waals surface area contributed by atoms with E-state index in [1.165, 1.54) is 16.7 Å². The summed E-state index contributed by atoms with van der Waals surface area (Å²) >= 11 is 0. The Labute approximate surface area is 221 Å². The quantitative estimate of drug-likeness (QED) is 0.323. The molecule has 0 saturated heterocycles. The Hall–Kier alpha value is -4.47. The fourth-order valence-corrected chi connectivity index (χ4v) is 4.18. The Morgan fingerprint density at radius 2 is 1.87 bits per heavy atom. The molecule has 1 N–H and O–H groups in total. The van der Waals surface area contributed by atoms with Crippen molar-refractivity contribution in [3.63, 3.8) is 0 Å². The van der Waals surface area contributed by atoms with Crippen LogP contribution in [0.4, 0.5) is 5.69 Å². The number of carbonyl (C=O) groups is 2. The van der Waals surface area contributed by atoms with Crippen LogP contribution < -0.4 is 19.7 Å². The highest BCUT2D eigenvalue weighted by molar-refractivity contribution is 6.02. The smallest absolute Gasteiger partial charge is 0.249 e. The average Bonchev–Trinajstić information content (AvgIpc) is 3.34. The van der Waals surface area contributed by atoms with Crippen molar-refractivity contribution in [2.75, 3.05) is 25.7 Å². The lowest BCUT2D eigenvalue weighted by Gasteiger charge is -2.32. The van der Waals surface area contributed by atoms with Crippen LogP contribution in [0.3, 0.4) is 0 Å². The van der Waals surface area contributed by atoms with Crippen molar-refractivity contribution in [3.05, 3.63) is 72.6 Å². The van der Waals surface area contributed by atoms with Gasteiger partial charge in [0.1, 0.15) is 29.6 Å². The van der Waals surface area contributed by atoms with E-state index in [-0.39, 0.29) is 18.4 Å². The molecular weight excluding hydrogens is 484 g/mol. The van der Waals surface area contributed by atoms with Gasteiger partial charge in [-0.25, -0.2) is 4.68 Å². The number of pyridine rings is 1. The number of anilines is 1. The van der Waals surface area contributed by atoms with Crippen LogP contribution in [0.15, 0.2) is 67.0 Å². The normalized spacial score (nSPS) is 11.8. The molecule has 0 spiro atoms. The summed E-state index contributed by atoms with van der Waals surface area (Å²) < 4.78 is 12.5. The van der Waals surface area contributed by atoms with Crippen LogP contribution in [-0.2, 0) is 16.1 Å². The van der Waals surface area contributed by atoms with Gasteiger partial charge in [0, 0.05) is 30.6 Å². The largest absolute Gasteiger partial charge is 0.497 e. The molecule has 38 heavy (non-hydrogen) atoms. The van der Waals surface area contributed by atoms with E-state index in [2.05, 4.69) is 34.5 Å². The number of para-hydroxylation sites is 1. The van der Waals surface area contributed by atoms with Gasteiger partial charge in [-0.05, 0) is 42.7 Å². The van der Waals surface area contributed by atoms with E-state index in [0.29, 0.717) is 46.2 Å². The number of carbonyl (C=O) groups excluding carboxylic acids is 2. The zero-order valence-electron chi connectivity index (χ0n) is 22.0. The predicted molar refractivity (Wildman–Crippen MR) is 144 cm³/mol. The number of hydrogen-bond donors (Lipinski definition) is 1. The van der Waals surface area contributed by atoms with E-state index in [4.69, 9.17) is 9.47 Å². The van der Waals surface area contributed by atoms with Crippen molar-refractivity contribution in [1.29, 1.82) is 0 Å². The second-order valence-electron chi connectivity index (χ2n) is 9.20. The molecule has 10 heteroatoms. The number of ether oxygens (including phenoxy) is 2. The number of aromatic nitrogens is 4. The van der Waals surface area contributed by atoms with Gasteiger partial charge in [-0.2, -0.15) is 0 Å². The molecule has 10 nitrogen and oxygen atoms in total. The van der Waals surface area contributed by atoms with Gasteiger partial charge in [-0.15, -0.1) is 5.10 Å². The molecule has 0 fully saturated rings. The molecule has 2 aromatic carbocycles. The van der Waals surface area contributed by atoms with E-state index < -0.39 is 6.04 Å². The van der Waals surface area contributed by atoms with Crippen molar-refractivity contribution >= 4 is 28.5 Å². The van der Waals surface area contributed by atoms with Crippen LogP contribution in [0.2, 0.25) is 0 Å². The van der Waals surface area contributed by atoms with Gasteiger partial charge in [0.25, 0.3) is 0 Å². The van der Waals surface area contributed by atoms with Gasteiger partial charge >= 0.3 is 0 Å². The second kappa shape index (κ2) is 12.2. The first-order valence-electron chi connectivity index (χ1n) is 12.4. The molecule has 0 aliphatic heterocycles. The molecule has 4 aromatic rings. The zero-order chi connectivity index (χ0) is 27.1. The first kappa shape index (κ1) is 26.6. The summed E-state index contributed by atoms with van der Waals surface area (Å²) in [4.78, 5) is 33.5. The van der Waals surface area contributed by atoms with Gasteiger partial charge in [-0.3, -0.25) is 19.5 Å². The molecule has 0 aliphatic carbocycles. The fourth-order valence-electron chi connectivity index (χ4n) is 4.18. The van der Waals surface area contributed by atoms with E-state index >= 15 is 0 Å². The SMILES string of the molecule is COc1ccc(N(C(=O)Cn2nnc3ccccc32)[C@@H](C(=O)NCCC(C)C)c2cccnc2)c(OC)c1. The Bertz CT molecular complexity index is 1390. The lowest BCUT2D eigenvalue weighted by Crippen LogP contribution is -2.45. The van der Waals surface area contributed by atoms with Crippen molar-refractivity contribution < 1.29 is 19.1 Å². The molecule has 0 saturated carbocycles. The summed E-state index contributed by atoms with van der Waals surface area (Å²) in [7, 11) is 3.06. The van der Waals surface area contributed by atoms with Crippen LogP contribution >= 0.6 is 0 Å². The summed E-state index contributed by atoms with van der Waals surface area (Å²) in [6.45, 7) is 4.50. The number of amides is 2. The van der Waals surface area contributed by atoms with Crippen LogP contribution in [0, 0.1) is 5.92 Å². The molecule has 2 amide bonds. The number of fused-ring (bicyclic) bond motifs is 1. The van der Waals surface area contributed by atoms with Crippen LogP contribution in [0.25, 0.3) is 11.0 Å². The van der Waals surface area contributed by atoms with Crippen LogP contribution in [-0.4, -0.2) is 52.6 Å². The molecule has 4 rings (SSSR count). The maximum Gasteiger partial charge on any atom is 0.249 e. The molecular formula is C28H32N6O4. The van der Waals surface area contributed by atoms with E-state index in [1.54, 1.807) is 49.8 Å². The van der Waals surface area contributed by atoms with Gasteiger partial charge < -0.3 is 14.8 Å². The summed E-state index contributed by atoms with van der Waals surface area (Å²) in [6.07, 6.45) is 4.02. The predicted octanol–water partition coefficient (Wildman–Crippen LogP) is 3.78. The topological polar surface area (TPSA) is 111 Å². The lowest BCUT2D eigenvalue weighted by atomic mass is 10.0. The molecule has 0 aliphatic rings. The number of benzene rings is 2. The van der Waals surface area contributed by atoms with Crippen LogP contribution in [0.1, 0.15) is 31.9 Å². The molecule has 1 atom stereocenters. The summed E-state index contributed by atoms with van der Waals surface area (Å²) in [5, 5.41) is 11.4. The first-order chi connectivity index (χ1) is 18.4. The highest BCUT2D eigenvalue weighted by Gasteiger charge is 2.35. The third-order valence-corrected chi connectivity index (χ3v) is 6.15. The Kier molecular flexibility index (Phi) is 8.52.